The molecule has 0 fully saturated rings. The van der Waals surface area contributed by atoms with Gasteiger partial charge in [-0.15, -0.1) is 0 Å². The van der Waals surface area contributed by atoms with Crippen molar-refractivity contribution in [3.63, 3.8) is 0 Å². The molecule has 3 rings (SSSR count). The number of methoxy groups -OCH3 is 1. The first-order valence-corrected chi connectivity index (χ1v) is 8.19. The SMILES string of the molecule is COc1cc(C=NNC(=O)C[n+]2c[nH]c3c2c(=O)n(C)c(=O)n3C)ccc1O. The van der Waals surface area contributed by atoms with E-state index in [1.165, 1.54) is 48.9 Å². The minimum atomic E-state index is -0.508. The topological polar surface area (TPSA) is 135 Å². The van der Waals surface area contributed by atoms with Crippen LogP contribution in [0.25, 0.3) is 11.2 Å². The third-order valence-corrected chi connectivity index (χ3v) is 4.21. The van der Waals surface area contributed by atoms with Crippen molar-refractivity contribution in [1.82, 2.24) is 19.5 Å². The molecule has 0 saturated heterocycles. The Bertz CT molecular complexity index is 1200. The molecule has 1 amide bonds. The van der Waals surface area contributed by atoms with Gasteiger partial charge >= 0.3 is 11.2 Å². The number of carbonyl (C=O) groups excluding carboxylic acids is 1. The molecule has 0 aliphatic heterocycles. The fourth-order valence-corrected chi connectivity index (χ4v) is 2.72. The summed E-state index contributed by atoms with van der Waals surface area (Å²) in [5, 5.41) is 13.4. The van der Waals surface area contributed by atoms with E-state index in [-0.39, 0.29) is 23.6 Å². The zero-order chi connectivity index (χ0) is 20.4. The van der Waals surface area contributed by atoms with E-state index in [0.717, 1.165) is 4.57 Å². The molecule has 2 aromatic heterocycles. The molecular formula is C17H19N6O5+. The van der Waals surface area contributed by atoms with Crippen LogP contribution in [0.5, 0.6) is 11.5 Å². The summed E-state index contributed by atoms with van der Waals surface area (Å²) < 4.78 is 8.68. The third kappa shape index (κ3) is 3.37. The number of nitrogens with zero attached hydrogens (tertiary/aromatic N) is 4. The number of aromatic amines is 1. The number of imidazole rings is 1. The lowest BCUT2D eigenvalue weighted by atomic mass is 10.2. The fourth-order valence-electron chi connectivity index (χ4n) is 2.72. The lowest BCUT2D eigenvalue weighted by molar-refractivity contribution is -0.659. The molecule has 0 saturated carbocycles. The van der Waals surface area contributed by atoms with Crippen LogP contribution in [0.4, 0.5) is 0 Å². The summed E-state index contributed by atoms with van der Waals surface area (Å²) in [4.78, 5) is 39.3. The second kappa shape index (κ2) is 7.39. The smallest absolute Gasteiger partial charge is 0.333 e. The molecule has 146 valence electrons. The molecule has 2 heterocycles. The summed E-state index contributed by atoms with van der Waals surface area (Å²) in [7, 11) is 4.33. The monoisotopic (exact) mass is 387 g/mol. The normalized spacial score (nSPS) is 11.2. The summed E-state index contributed by atoms with van der Waals surface area (Å²) >= 11 is 0. The van der Waals surface area contributed by atoms with Gasteiger partial charge in [0, 0.05) is 14.1 Å². The minimum Gasteiger partial charge on any atom is -0.504 e. The first-order chi connectivity index (χ1) is 13.3. The number of phenols is 1. The van der Waals surface area contributed by atoms with E-state index in [1.807, 2.05) is 0 Å². The number of phenolic OH excluding ortho intramolecular Hbond substituents is 1. The molecule has 0 atom stereocenters. The zero-order valence-electron chi connectivity index (χ0n) is 15.5. The fraction of sp³-hybridized carbons (Fsp3) is 0.235. The first kappa shape index (κ1) is 18.9. The van der Waals surface area contributed by atoms with Crippen LogP contribution in [-0.2, 0) is 25.4 Å². The van der Waals surface area contributed by atoms with Crippen molar-refractivity contribution in [3.05, 3.63) is 50.9 Å². The van der Waals surface area contributed by atoms with Crippen molar-refractivity contribution in [2.45, 2.75) is 6.54 Å². The summed E-state index contributed by atoms with van der Waals surface area (Å²) in [6.07, 6.45) is 2.84. The van der Waals surface area contributed by atoms with Crippen molar-refractivity contribution in [2.24, 2.45) is 19.2 Å². The van der Waals surface area contributed by atoms with Crippen LogP contribution >= 0.6 is 0 Å². The molecule has 0 unspecified atom stereocenters. The average molecular weight is 387 g/mol. The van der Waals surface area contributed by atoms with Gasteiger partial charge in [-0.3, -0.25) is 18.7 Å². The molecule has 11 heteroatoms. The van der Waals surface area contributed by atoms with Crippen molar-refractivity contribution < 1.29 is 19.2 Å². The molecule has 0 radical (unpaired) electrons. The Kier molecular flexibility index (Phi) is 4.98. The number of rotatable bonds is 5. The molecule has 0 spiro atoms. The number of fused-ring (bicyclic) bond motifs is 1. The van der Waals surface area contributed by atoms with E-state index in [4.69, 9.17) is 4.74 Å². The quantitative estimate of drug-likeness (QED) is 0.285. The molecule has 11 nitrogen and oxygen atoms in total. The Balaban J connectivity index is 1.77. The van der Waals surface area contributed by atoms with Crippen LogP contribution in [0.15, 0.2) is 39.2 Å². The van der Waals surface area contributed by atoms with Gasteiger partial charge in [-0.05, 0) is 23.8 Å². The van der Waals surface area contributed by atoms with E-state index in [2.05, 4.69) is 15.5 Å². The number of aromatic nitrogens is 4. The van der Waals surface area contributed by atoms with Gasteiger partial charge in [0.2, 0.25) is 6.33 Å². The summed E-state index contributed by atoms with van der Waals surface area (Å²) in [6, 6.07) is 4.61. The lowest BCUT2D eigenvalue weighted by Crippen LogP contribution is -2.46. The Hall–Kier alpha value is -3.89. The second-order valence-electron chi connectivity index (χ2n) is 6.03. The molecule has 0 bridgehead atoms. The number of hydrogen-bond donors (Lipinski definition) is 3. The Morgan fingerprint density at radius 2 is 2.11 bits per heavy atom. The van der Waals surface area contributed by atoms with Gasteiger partial charge in [-0.2, -0.15) is 5.10 Å². The highest BCUT2D eigenvalue weighted by atomic mass is 16.5. The number of nitrogens with one attached hydrogen (secondary N) is 2. The second-order valence-corrected chi connectivity index (χ2v) is 6.03. The Morgan fingerprint density at radius 3 is 2.82 bits per heavy atom. The lowest BCUT2D eigenvalue weighted by Gasteiger charge is -2.03. The van der Waals surface area contributed by atoms with Gasteiger partial charge in [-0.25, -0.2) is 19.8 Å². The number of hydrazone groups is 1. The number of ether oxygens (including phenoxy) is 1. The molecular weight excluding hydrogens is 368 g/mol. The van der Waals surface area contributed by atoms with Gasteiger partial charge in [0.25, 0.3) is 17.1 Å². The highest BCUT2D eigenvalue weighted by Crippen LogP contribution is 2.25. The predicted octanol–water partition coefficient (Wildman–Crippen LogP) is -1.28. The van der Waals surface area contributed by atoms with E-state index in [1.54, 1.807) is 12.1 Å². The molecule has 28 heavy (non-hydrogen) atoms. The minimum absolute atomic E-state index is 0.00426. The van der Waals surface area contributed by atoms with Crippen LogP contribution in [0.2, 0.25) is 0 Å². The van der Waals surface area contributed by atoms with Crippen LogP contribution in [0, 0.1) is 0 Å². The van der Waals surface area contributed by atoms with E-state index in [0.29, 0.717) is 11.2 Å². The summed E-state index contributed by atoms with van der Waals surface area (Å²) in [5.41, 5.74) is 2.52. The van der Waals surface area contributed by atoms with Crippen molar-refractivity contribution >= 4 is 23.3 Å². The zero-order valence-corrected chi connectivity index (χ0v) is 15.5. The maximum atomic E-state index is 12.4. The standard InChI is InChI=1S/C17H18N6O5/c1-21-15-14(16(26)22(2)17(21)27)23(9-18-15)8-13(25)20-19-7-10-4-5-11(24)12(6-10)28-3/h4-7,9H,8H2,1-3H3,(H2,19,20,24,25)/p+1. The molecule has 0 aliphatic rings. The molecule has 3 N–H and O–H groups in total. The van der Waals surface area contributed by atoms with Gasteiger partial charge in [-0.1, -0.05) is 0 Å². The van der Waals surface area contributed by atoms with Gasteiger partial charge in [0.1, 0.15) is 0 Å². The van der Waals surface area contributed by atoms with Crippen LogP contribution in [-0.4, -0.2) is 38.5 Å². The third-order valence-electron chi connectivity index (χ3n) is 4.21. The first-order valence-electron chi connectivity index (χ1n) is 8.19. The van der Waals surface area contributed by atoms with Crippen LogP contribution in [0.3, 0.4) is 0 Å². The molecule has 0 aliphatic carbocycles. The van der Waals surface area contributed by atoms with Crippen LogP contribution in [0.1, 0.15) is 5.56 Å². The van der Waals surface area contributed by atoms with E-state index in [9.17, 15) is 19.5 Å². The Morgan fingerprint density at radius 1 is 1.36 bits per heavy atom. The van der Waals surface area contributed by atoms with Crippen molar-refractivity contribution in [2.75, 3.05) is 7.11 Å². The average Bonchev–Trinajstić information content (AvgIpc) is 3.09. The number of aryl methyl sites for hydroxylation is 1. The van der Waals surface area contributed by atoms with Gasteiger partial charge < -0.3 is 9.84 Å². The largest absolute Gasteiger partial charge is 0.504 e. The summed E-state index contributed by atoms with van der Waals surface area (Å²) in [6.45, 7) is -0.177. The van der Waals surface area contributed by atoms with E-state index >= 15 is 0 Å². The molecule has 1 aromatic carbocycles. The van der Waals surface area contributed by atoms with Gasteiger partial charge in [0.05, 0.1) is 13.3 Å². The number of H-pyrrole nitrogens is 1. The number of hydrogen-bond acceptors (Lipinski definition) is 6. The van der Waals surface area contributed by atoms with Gasteiger partial charge in [0.15, 0.2) is 18.0 Å². The van der Waals surface area contributed by atoms with Crippen molar-refractivity contribution in [1.29, 1.82) is 0 Å². The summed E-state index contributed by atoms with van der Waals surface area (Å²) in [5.74, 6) is -0.190. The highest BCUT2D eigenvalue weighted by Gasteiger charge is 2.21. The van der Waals surface area contributed by atoms with Crippen molar-refractivity contribution in [3.8, 4) is 11.5 Å². The number of carbonyl (C=O) groups is 1. The van der Waals surface area contributed by atoms with E-state index < -0.39 is 17.2 Å². The maximum absolute atomic E-state index is 12.4. The molecule has 3 aromatic rings. The Labute approximate surface area is 158 Å². The van der Waals surface area contributed by atoms with Crippen LogP contribution < -0.4 is 26.0 Å². The maximum Gasteiger partial charge on any atom is 0.333 e. The number of amides is 1. The predicted molar refractivity (Wildman–Crippen MR) is 99.4 cm³/mol. The highest BCUT2D eigenvalue weighted by molar-refractivity contribution is 5.83. The number of benzene rings is 1. The number of aromatic hydroxyl groups is 1.